The van der Waals surface area contributed by atoms with E-state index in [2.05, 4.69) is 15.6 Å². The Kier molecular flexibility index (Phi) is 7.90. The Labute approximate surface area is 135 Å². The molecule has 1 aliphatic carbocycles. The Morgan fingerprint density at radius 1 is 1.23 bits per heavy atom. The van der Waals surface area contributed by atoms with Crippen LogP contribution in [0.4, 0.5) is 5.82 Å². The van der Waals surface area contributed by atoms with Crippen LogP contribution in [-0.2, 0) is 0 Å². The molecule has 124 valence electrons. The minimum Gasteiger partial charge on any atom is -0.358 e. The van der Waals surface area contributed by atoms with Gasteiger partial charge in [-0.05, 0) is 23.8 Å². The number of aromatic amines is 1. The fourth-order valence-corrected chi connectivity index (χ4v) is 2.65. The molecule has 1 fully saturated rings. The van der Waals surface area contributed by atoms with Crippen molar-refractivity contribution >= 4 is 24.1 Å². The van der Waals surface area contributed by atoms with E-state index in [1.807, 2.05) is 0 Å². The zero-order valence-electron chi connectivity index (χ0n) is 12.5. The number of carbonyl (C=O) groups is 1. The van der Waals surface area contributed by atoms with Crippen molar-refractivity contribution in [2.24, 2.45) is 0 Å². The third-order valence-electron chi connectivity index (χ3n) is 3.81. The summed E-state index contributed by atoms with van der Waals surface area (Å²) < 4.78 is 0. The molecule has 8 heteroatoms. The highest BCUT2D eigenvalue weighted by Crippen LogP contribution is 2.16. The molecule has 1 amide bonds. The topological polar surface area (TPSA) is 100 Å². The Balaban J connectivity index is 0.00000242. The molecule has 1 aromatic heterocycles. The van der Waals surface area contributed by atoms with Gasteiger partial charge in [0.15, 0.2) is 5.69 Å². The predicted molar refractivity (Wildman–Crippen MR) is 86.5 cm³/mol. The van der Waals surface area contributed by atoms with Gasteiger partial charge < -0.3 is 20.7 Å². The molecule has 0 spiro atoms. The molecule has 7 nitrogen and oxygen atoms in total. The van der Waals surface area contributed by atoms with Crippen LogP contribution in [-0.4, -0.2) is 34.9 Å². The van der Waals surface area contributed by atoms with Crippen molar-refractivity contribution in [3.8, 4) is 0 Å². The van der Waals surface area contributed by atoms with Crippen LogP contribution in [0.2, 0.25) is 0 Å². The second kappa shape index (κ2) is 9.42. The molecular weight excluding hydrogens is 308 g/mol. The molecule has 1 heterocycles. The van der Waals surface area contributed by atoms with Gasteiger partial charge in [-0.25, -0.2) is 4.98 Å². The summed E-state index contributed by atoms with van der Waals surface area (Å²) >= 11 is 0. The van der Waals surface area contributed by atoms with Gasteiger partial charge >= 0.3 is 5.82 Å². The fourth-order valence-electron chi connectivity index (χ4n) is 2.65. The van der Waals surface area contributed by atoms with E-state index in [0.29, 0.717) is 12.6 Å². The summed E-state index contributed by atoms with van der Waals surface area (Å²) in [5.74, 6) is -0.484. The van der Waals surface area contributed by atoms with Gasteiger partial charge in [0.1, 0.15) is 0 Å². The lowest BCUT2D eigenvalue weighted by molar-refractivity contribution is -0.389. The van der Waals surface area contributed by atoms with E-state index >= 15 is 0 Å². The van der Waals surface area contributed by atoms with Crippen LogP contribution in [0.15, 0.2) is 12.1 Å². The second-order valence-corrected chi connectivity index (χ2v) is 5.41. The van der Waals surface area contributed by atoms with Gasteiger partial charge in [0.05, 0.1) is 0 Å². The molecule has 0 aliphatic heterocycles. The van der Waals surface area contributed by atoms with Crippen molar-refractivity contribution in [2.45, 2.75) is 44.6 Å². The number of halogens is 1. The van der Waals surface area contributed by atoms with Gasteiger partial charge in [0.25, 0.3) is 5.91 Å². The molecule has 0 aromatic carbocycles. The highest BCUT2D eigenvalue weighted by molar-refractivity contribution is 5.92. The van der Waals surface area contributed by atoms with Gasteiger partial charge in [-0.15, -0.1) is 12.4 Å². The van der Waals surface area contributed by atoms with E-state index < -0.39 is 4.92 Å². The van der Waals surface area contributed by atoms with Crippen molar-refractivity contribution in [3.05, 3.63) is 27.9 Å². The lowest BCUT2D eigenvalue weighted by Crippen LogP contribution is -2.36. The standard InChI is InChI=1S/C14H22N4O3.ClH/c19-14(12-7-8-13(17-12)18(20)21)16-10-9-15-11-5-3-1-2-4-6-11;/h7-8,11,15,17H,1-6,9-10H2,(H,16,19);1H. The number of H-pyrrole nitrogens is 1. The van der Waals surface area contributed by atoms with Crippen molar-refractivity contribution in [1.82, 2.24) is 15.6 Å². The molecule has 1 aliphatic rings. The monoisotopic (exact) mass is 330 g/mol. The molecule has 3 N–H and O–H groups in total. The van der Waals surface area contributed by atoms with Crippen molar-refractivity contribution in [3.63, 3.8) is 0 Å². The van der Waals surface area contributed by atoms with Crippen LogP contribution >= 0.6 is 12.4 Å². The van der Waals surface area contributed by atoms with Crippen LogP contribution in [0.5, 0.6) is 0 Å². The third-order valence-corrected chi connectivity index (χ3v) is 3.81. The summed E-state index contributed by atoms with van der Waals surface area (Å²) in [6.45, 7) is 1.24. The first-order chi connectivity index (χ1) is 10.2. The van der Waals surface area contributed by atoms with E-state index in [1.54, 1.807) is 0 Å². The van der Waals surface area contributed by atoms with Crippen LogP contribution < -0.4 is 10.6 Å². The Morgan fingerprint density at radius 3 is 2.50 bits per heavy atom. The smallest absolute Gasteiger partial charge is 0.321 e. The molecule has 0 radical (unpaired) electrons. The summed E-state index contributed by atoms with van der Waals surface area (Å²) in [6.07, 6.45) is 7.60. The molecule has 0 unspecified atom stereocenters. The van der Waals surface area contributed by atoms with Gasteiger partial charge in [-0.2, -0.15) is 0 Å². The van der Waals surface area contributed by atoms with Gasteiger partial charge in [-0.1, -0.05) is 25.7 Å². The number of amides is 1. The number of aromatic nitrogens is 1. The molecular formula is C14H23ClN4O3. The van der Waals surface area contributed by atoms with E-state index in [1.165, 1.54) is 50.7 Å². The second-order valence-electron chi connectivity index (χ2n) is 5.41. The number of nitrogens with zero attached hydrogens (tertiary/aromatic N) is 1. The summed E-state index contributed by atoms with van der Waals surface area (Å²) in [4.78, 5) is 24.3. The quantitative estimate of drug-likeness (QED) is 0.322. The summed E-state index contributed by atoms with van der Waals surface area (Å²) in [6, 6.07) is 3.27. The highest BCUT2D eigenvalue weighted by Gasteiger charge is 2.15. The maximum Gasteiger partial charge on any atom is 0.321 e. The van der Waals surface area contributed by atoms with Gasteiger partial charge in [0.2, 0.25) is 0 Å². The zero-order chi connectivity index (χ0) is 15.1. The van der Waals surface area contributed by atoms with Crippen LogP contribution in [0, 0.1) is 10.1 Å². The summed E-state index contributed by atoms with van der Waals surface area (Å²) in [5, 5.41) is 16.7. The van der Waals surface area contributed by atoms with E-state index in [0.717, 1.165) is 6.54 Å². The minimum atomic E-state index is -0.551. The van der Waals surface area contributed by atoms with Crippen molar-refractivity contribution in [2.75, 3.05) is 13.1 Å². The highest BCUT2D eigenvalue weighted by atomic mass is 35.5. The molecule has 22 heavy (non-hydrogen) atoms. The van der Waals surface area contributed by atoms with Gasteiger partial charge in [-0.3, -0.25) is 4.79 Å². The lowest BCUT2D eigenvalue weighted by Gasteiger charge is -2.16. The first kappa shape index (κ1) is 18.4. The van der Waals surface area contributed by atoms with Crippen molar-refractivity contribution in [1.29, 1.82) is 0 Å². The zero-order valence-corrected chi connectivity index (χ0v) is 13.3. The summed E-state index contributed by atoms with van der Waals surface area (Å²) in [5.41, 5.74) is 0.219. The average Bonchev–Trinajstić information content (AvgIpc) is 2.82. The van der Waals surface area contributed by atoms with E-state index in [9.17, 15) is 14.9 Å². The molecule has 1 saturated carbocycles. The number of hydrogen-bond acceptors (Lipinski definition) is 4. The largest absolute Gasteiger partial charge is 0.358 e. The van der Waals surface area contributed by atoms with Crippen LogP contribution in [0.3, 0.4) is 0 Å². The number of carbonyl (C=O) groups excluding carboxylic acids is 1. The average molecular weight is 331 g/mol. The van der Waals surface area contributed by atoms with E-state index in [-0.39, 0.29) is 29.8 Å². The normalized spacial score (nSPS) is 15.6. The van der Waals surface area contributed by atoms with Crippen LogP contribution in [0.25, 0.3) is 0 Å². The Hall–Kier alpha value is -1.60. The Morgan fingerprint density at radius 2 is 1.91 bits per heavy atom. The number of nitrogens with one attached hydrogen (secondary N) is 3. The molecule has 0 atom stereocenters. The van der Waals surface area contributed by atoms with E-state index in [4.69, 9.17) is 0 Å². The molecule has 1 aromatic rings. The number of rotatable bonds is 6. The fraction of sp³-hybridized carbons (Fsp3) is 0.643. The Bertz CT molecular complexity index is 484. The first-order valence-electron chi connectivity index (χ1n) is 7.52. The first-order valence-corrected chi connectivity index (χ1v) is 7.52. The predicted octanol–water partition coefficient (Wildman–Crippen LogP) is 2.39. The SMILES string of the molecule is Cl.O=C(NCCNC1CCCCCC1)c1ccc([N+](=O)[O-])[nH]1. The van der Waals surface area contributed by atoms with Crippen molar-refractivity contribution < 1.29 is 9.72 Å². The summed E-state index contributed by atoms with van der Waals surface area (Å²) in [7, 11) is 0. The number of hydrogen-bond donors (Lipinski definition) is 3. The lowest BCUT2D eigenvalue weighted by atomic mass is 10.1. The van der Waals surface area contributed by atoms with Crippen LogP contribution in [0.1, 0.15) is 49.0 Å². The third kappa shape index (κ3) is 5.65. The maximum atomic E-state index is 11.8. The molecule has 2 rings (SSSR count). The molecule has 0 saturated heterocycles. The maximum absolute atomic E-state index is 11.8. The number of nitro groups is 1. The minimum absolute atomic E-state index is 0. The molecule has 0 bridgehead atoms. The van der Waals surface area contributed by atoms with Gasteiger partial charge in [0, 0.05) is 25.2 Å².